The molecule has 0 spiro atoms. The second-order valence-electron chi connectivity index (χ2n) is 6.70. The number of nitrogens with zero attached hydrogens (tertiary/aromatic N) is 2. The number of fused-ring (bicyclic) bond motifs is 1. The lowest BCUT2D eigenvalue weighted by atomic mass is 10.1. The van der Waals surface area contributed by atoms with Crippen LogP contribution in [-0.2, 0) is 11.3 Å². The zero-order valence-electron chi connectivity index (χ0n) is 17.9. The Kier molecular flexibility index (Phi) is 8.08. The number of Topliss-reactive ketones (excluding diaryl/α,β-unsaturated/α-hetero) is 1. The van der Waals surface area contributed by atoms with E-state index in [1.807, 2.05) is 19.1 Å². The van der Waals surface area contributed by atoms with Crippen LogP contribution in [0.25, 0.3) is 10.9 Å². The Bertz CT molecular complexity index is 1110. The van der Waals surface area contributed by atoms with Gasteiger partial charge in [-0.3, -0.25) is 14.2 Å². The molecule has 31 heavy (non-hydrogen) atoms. The van der Waals surface area contributed by atoms with Crippen LogP contribution in [0.4, 0.5) is 0 Å². The molecular formula is C23H26N2O5S. The number of ketones is 1. The summed E-state index contributed by atoms with van der Waals surface area (Å²) >= 11 is 1.25. The van der Waals surface area contributed by atoms with Crippen molar-refractivity contribution in [3.8, 4) is 11.5 Å². The smallest absolute Gasteiger partial charge is 0.262 e. The molecule has 0 bridgehead atoms. The molecule has 3 aromatic rings. The highest BCUT2D eigenvalue weighted by molar-refractivity contribution is 7.99. The zero-order chi connectivity index (χ0) is 22.2. The average molecular weight is 443 g/mol. The van der Waals surface area contributed by atoms with Gasteiger partial charge in [-0.25, -0.2) is 4.98 Å². The van der Waals surface area contributed by atoms with E-state index in [0.717, 1.165) is 0 Å². The summed E-state index contributed by atoms with van der Waals surface area (Å²) in [5.41, 5.74) is 0.964. The summed E-state index contributed by atoms with van der Waals surface area (Å²) in [5, 5.41) is 1.08. The summed E-state index contributed by atoms with van der Waals surface area (Å²) < 4.78 is 17.6. The van der Waals surface area contributed by atoms with Crippen LogP contribution in [0.3, 0.4) is 0 Å². The first-order chi connectivity index (χ1) is 15.1. The molecule has 1 aromatic heterocycles. The van der Waals surface area contributed by atoms with E-state index in [4.69, 9.17) is 14.2 Å². The van der Waals surface area contributed by atoms with E-state index in [9.17, 15) is 9.59 Å². The maximum atomic E-state index is 13.0. The van der Waals surface area contributed by atoms with Gasteiger partial charge in [-0.05, 0) is 37.6 Å². The van der Waals surface area contributed by atoms with Crippen molar-refractivity contribution in [1.82, 2.24) is 9.55 Å². The molecule has 3 rings (SSSR count). The van der Waals surface area contributed by atoms with E-state index in [1.54, 1.807) is 42.0 Å². The lowest BCUT2D eigenvalue weighted by Crippen LogP contribution is -2.24. The summed E-state index contributed by atoms with van der Waals surface area (Å²) in [5.74, 6) is 1.07. The molecular weight excluding hydrogens is 416 g/mol. The van der Waals surface area contributed by atoms with Gasteiger partial charge in [0.2, 0.25) is 0 Å². The van der Waals surface area contributed by atoms with Crippen molar-refractivity contribution in [1.29, 1.82) is 0 Å². The quantitative estimate of drug-likeness (QED) is 0.193. The van der Waals surface area contributed by atoms with Crippen molar-refractivity contribution >= 4 is 28.4 Å². The molecule has 7 nitrogen and oxygen atoms in total. The van der Waals surface area contributed by atoms with Crippen LogP contribution >= 0.6 is 11.8 Å². The van der Waals surface area contributed by atoms with Crippen molar-refractivity contribution in [3.05, 3.63) is 58.4 Å². The Morgan fingerprint density at radius 3 is 2.68 bits per heavy atom. The third kappa shape index (κ3) is 5.45. The molecule has 0 atom stereocenters. The molecule has 164 valence electrons. The summed E-state index contributed by atoms with van der Waals surface area (Å²) in [4.78, 5) is 30.6. The first-order valence-electron chi connectivity index (χ1n) is 10.0. The standard InChI is InChI=1S/C23H26N2O5S/c1-4-30-13-7-12-25-22(27)17-8-5-6-9-19(17)24-23(25)31-15-20(26)18-11-10-16(28-2)14-21(18)29-3/h5-6,8-11,14H,4,7,12-13,15H2,1-3H3. The fourth-order valence-electron chi connectivity index (χ4n) is 3.16. The maximum absolute atomic E-state index is 13.0. The Hall–Kier alpha value is -2.84. The first-order valence-corrected chi connectivity index (χ1v) is 11.0. The Labute approximate surface area is 185 Å². The fraction of sp³-hybridized carbons (Fsp3) is 0.348. The van der Waals surface area contributed by atoms with E-state index < -0.39 is 0 Å². The van der Waals surface area contributed by atoms with E-state index in [2.05, 4.69) is 4.98 Å². The average Bonchev–Trinajstić information content (AvgIpc) is 2.81. The van der Waals surface area contributed by atoms with Gasteiger partial charge in [0.05, 0.1) is 36.4 Å². The van der Waals surface area contributed by atoms with E-state index in [1.165, 1.54) is 18.9 Å². The molecule has 0 aliphatic rings. The number of aromatic nitrogens is 2. The first kappa shape index (κ1) is 22.8. The van der Waals surface area contributed by atoms with Crippen molar-refractivity contribution in [2.75, 3.05) is 33.2 Å². The molecule has 0 N–H and O–H groups in total. The number of hydrogen-bond donors (Lipinski definition) is 0. The predicted octanol–water partition coefficient (Wildman–Crippen LogP) is 3.82. The van der Waals surface area contributed by atoms with E-state index >= 15 is 0 Å². The van der Waals surface area contributed by atoms with Gasteiger partial charge in [0, 0.05) is 25.8 Å². The minimum Gasteiger partial charge on any atom is -0.497 e. The number of benzene rings is 2. The molecule has 0 aliphatic heterocycles. The normalized spacial score (nSPS) is 10.9. The summed E-state index contributed by atoms with van der Waals surface area (Å²) in [6.07, 6.45) is 0.682. The van der Waals surface area contributed by atoms with Crippen molar-refractivity contribution < 1.29 is 19.0 Å². The minimum absolute atomic E-state index is 0.112. The third-order valence-corrected chi connectivity index (χ3v) is 5.72. The zero-order valence-corrected chi connectivity index (χ0v) is 18.7. The van der Waals surface area contributed by atoms with Crippen LogP contribution < -0.4 is 15.0 Å². The molecule has 8 heteroatoms. The summed E-state index contributed by atoms with van der Waals surface area (Å²) in [7, 11) is 3.07. The van der Waals surface area contributed by atoms with Gasteiger partial charge < -0.3 is 14.2 Å². The molecule has 0 saturated heterocycles. The van der Waals surface area contributed by atoms with Crippen LogP contribution in [0.5, 0.6) is 11.5 Å². The van der Waals surface area contributed by atoms with Crippen molar-refractivity contribution in [2.24, 2.45) is 0 Å². The van der Waals surface area contributed by atoms with Crippen LogP contribution in [-0.4, -0.2) is 48.5 Å². The van der Waals surface area contributed by atoms with Crippen LogP contribution in [0.15, 0.2) is 52.4 Å². The Morgan fingerprint density at radius 2 is 1.94 bits per heavy atom. The van der Waals surface area contributed by atoms with Gasteiger partial charge in [0.15, 0.2) is 10.9 Å². The predicted molar refractivity (Wildman–Crippen MR) is 122 cm³/mol. The molecule has 0 amide bonds. The highest BCUT2D eigenvalue weighted by Crippen LogP contribution is 2.27. The van der Waals surface area contributed by atoms with Crippen LogP contribution in [0.1, 0.15) is 23.7 Å². The number of ether oxygens (including phenoxy) is 3. The molecule has 2 aromatic carbocycles. The SMILES string of the molecule is CCOCCCn1c(SCC(=O)c2ccc(OC)cc2OC)nc2ccccc2c1=O. The largest absolute Gasteiger partial charge is 0.497 e. The minimum atomic E-state index is -0.118. The van der Waals surface area contributed by atoms with Crippen LogP contribution in [0.2, 0.25) is 0 Å². The van der Waals surface area contributed by atoms with Crippen molar-refractivity contribution in [3.63, 3.8) is 0 Å². The highest BCUT2D eigenvalue weighted by Gasteiger charge is 2.17. The molecule has 0 radical (unpaired) electrons. The number of carbonyl (C=O) groups excluding carboxylic acids is 1. The fourth-order valence-corrected chi connectivity index (χ4v) is 4.07. The highest BCUT2D eigenvalue weighted by atomic mass is 32.2. The van der Waals surface area contributed by atoms with Gasteiger partial charge in [-0.15, -0.1) is 0 Å². The summed E-state index contributed by atoms with van der Waals surface area (Å²) in [6.45, 7) is 3.59. The Morgan fingerprint density at radius 1 is 1.13 bits per heavy atom. The molecule has 0 saturated carbocycles. The monoisotopic (exact) mass is 442 g/mol. The summed E-state index contributed by atoms with van der Waals surface area (Å²) in [6, 6.07) is 12.3. The lowest BCUT2D eigenvalue weighted by molar-refractivity contribution is 0.101. The van der Waals surface area contributed by atoms with Gasteiger partial charge in [-0.1, -0.05) is 23.9 Å². The van der Waals surface area contributed by atoms with Gasteiger partial charge in [0.1, 0.15) is 11.5 Å². The third-order valence-electron chi connectivity index (χ3n) is 4.74. The topological polar surface area (TPSA) is 79.7 Å². The molecule has 0 unspecified atom stereocenters. The van der Waals surface area contributed by atoms with Gasteiger partial charge in [0.25, 0.3) is 5.56 Å². The van der Waals surface area contributed by atoms with Crippen molar-refractivity contribution in [2.45, 2.75) is 25.0 Å². The van der Waals surface area contributed by atoms with Gasteiger partial charge in [-0.2, -0.15) is 0 Å². The lowest BCUT2D eigenvalue weighted by Gasteiger charge is -2.13. The number of methoxy groups -OCH3 is 2. The van der Waals surface area contributed by atoms with Gasteiger partial charge >= 0.3 is 0 Å². The number of thioether (sulfide) groups is 1. The second-order valence-corrected chi connectivity index (χ2v) is 7.64. The second kappa shape index (κ2) is 11.0. The maximum Gasteiger partial charge on any atom is 0.262 e. The van der Waals surface area contributed by atoms with E-state index in [0.29, 0.717) is 59.3 Å². The molecule has 1 heterocycles. The molecule has 0 aliphatic carbocycles. The van der Waals surface area contributed by atoms with E-state index in [-0.39, 0.29) is 17.1 Å². The number of hydrogen-bond acceptors (Lipinski definition) is 7. The van der Waals surface area contributed by atoms with Crippen LogP contribution in [0, 0.1) is 0 Å². The molecule has 0 fully saturated rings. The number of carbonyl (C=O) groups is 1. The Balaban J connectivity index is 1.86. The number of para-hydroxylation sites is 1. The number of rotatable bonds is 11.